The molecule has 0 aliphatic carbocycles. The van der Waals surface area contributed by atoms with Crippen LogP contribution in [-0.2, 0) is 25.7 Å². The molecular weight excluding hydrogens is 542 g/mol. The molecule has 42 heavy (non-hydrogen) atoms. The van der Waals surface area contributed by atoms with Crippen LogP contribution in [0.4, 0.5) is 10.5 Å². The van der Waals surface area contributed by atoms with E-state index in [4.69, 9.17) is 13.9 Å². The number of anilines is 1. The zero-order valence-corrected chi connectivity index (χ0v) is 23.0. The van der Waals surface area contributed by atoms with Gasteiger partial charge >= 0.3 is 12.1 Å². The summed E-state index contributed by atoms with van der Waals surface area (Å²) in [5, 5.41) is 8.88. The lowest BCUT2D eigenvalue weighted by molar-refractivity contribution is -0.142. The lowest BCUT2D eigenvalue weighted by Crippen LogP contribution is -2.44. The van der Waals surface area contributed by atoms with Crippen LogP contribution in [-0.4, -0.2) is 50.2 Å². The summed E-state index contributed by atoms with van der Waals surface area (Å²) in [6.07, 6.45) is -0.0654. The highest BCUT2D eigenvalue weighted by molar-refractivity contribution is 6.02. The Hall–Kier alpha value is -5.32. The largest absolute Gasteiger partial charge is 0.480 e. The molecule has 0 saturated heterocycles. The van der Waals surface area contributed by atoms with E-state index in [1.54, 1.807) is 42.5 Å². The molecule has 0 fully saturated rings. The van der Waals surface area contributed by atoms with E-state index >= 15 is 0 Å². The maximum atomic E-state index is 13.4. The van der Waals surface area contributed by atoms with Gasteiger partial charge in [-0.2, -0.15) is 0 Å². The fourth-order valence-corrected chi connectivity index (χ4v) is 3.97. The molecule has 1 atom stereocenters. The van der Waals surface area contributed by atoms with Crippen LogP contribution in [0.3, 0.4) is 0 Å². The van der Waals surface area contributed by atoms with Gasteiger partial charge < -0.3 is 34.6 Å². The Kier molecular flexibility index (Phi) is 10.5. The first-order valence-corrected chi connectivity index (χ1v) is 13.3. The molecule has 0 saturated carbocycles. The van der Waals surface area contributed by atoms with Gasteiger partial charge in [-0.3, -0.25) is 9.59 Å². The van der Waals surface area contributed by atoms with Gasteiger partial charge in [0.25, 0.3) is 5.91 Å². The third kappa shape index (κ3) is 8.59. The number of para-hydroxylation sites is 3. The van der Waals surface area contributed by atoms with Crippen molar-refractivity contribution in [3.63, 3.8) is 0 Å². The SMILES string of the molecule is COC(=O)COc1ccccc1NC(=O)[C@H](CCCNC(=O)OCc1ccccc1)NC(=O)c1cc2ccccc2o1. The molecule has 0 aliphatic heterocycles. The zero-order chi connectivity index (χ0) is 29.7. The quantitative estimate of drug-likeness (QED) is 0.157. The molecule has 0 radical (unpaired) electrons. The number of fused-ring (bicyclic) bond motifs is 1. The van der Waals surface area contributed by atoms with Crippen molar-refractivity contribution < 1.29 is 37.8 Å². The highest BCUT2D eigenvalue weighted by atomic mass is 16.6. The fourth-order valence-electron chi connectivity index (χ4n) is 3.97. The minimum absolute atomic E-state index is 0.0541. The number of amides is 3. The molecule has 0 spiro atoms. The first kappa shape index (κ1) is 29.7. The summed E-state index contributed by atoms with van der Waals surface area (Å²) >= 11 is 0. The Labute approximate surface area is 242 Å². The fraction of sp³-hybridized carbons (Fsp3) is 0.226. The molecule has 0 bridgehead atoms. The lowest BCUT2D eigenvalue weighted by Gasteiger charge is -2.19. The molecule has 218 valence electrons. The molecule has 3 amide bonds. The maximum absolute atomic E-state index is 13.4. The van der Waals surface area contributed by atoms with E-state index < -0.39 is 29.9 Å². The summed E-state index contributed by atoms with van der Waals surface area (Å²) < 4.78 is 21.0. The Morgan fingerprint density at radius 3 is 2.43 bits per heavy atom. The summed E-state index contributed by atoms with van der Waals surface area (Å²) in [6.45, 7) is -0.0128. The van der Waals surface area contributed by atoms with Crippen molar-refractivity contribution in [2.45, 2.75) is 25.5 Å². The van der Waals surface area contributed by atoms with Crippen LogP contribution < -0.4 is 20.7 Å². The topological polar surface area (TPSA) is 145 Å². The summed E-state index contributed by atoms with van der Waals surface area (Å²) in [7, 11) is 1.24. The monoisotopic (exact) mass is 573 g/mol. The Morgan fingerprint density at radius 2 is 1.64 bits per heavy atom. The highest BCUT2D eigenvalue weighted by Gasteiger charge is 2.24. The standard InChI is InChI=1S/C31H31N3O8/c1-39-28(35)20-40-26-16-8-6-13-23(26)33-29(36)24(34-30(37)27-18-22-12-5-7-15-25(22)42-27)14-9-17-32-31(38)41-19-21-10-3-2-4-11-21/h2-8,10-13,15-16,18,24H,9,14,17,19-20H2,1H3,(H,32,38)(H,33,36)(H,34,37)/t24-/m0/s1. The second kappa shape index (κ2) is 14.9. The number of methoxy groups -OCH3 is 1. The lowest BCUT2D eigenvalue weighted by atomic mass is 10.1. The van der Waals surface area contributed by atoms with Crippen molar-refractivity contribution >= 4 is 40.5 Å². The zero-order valence-electron chi connectivity index (χ0n) is 23.0. The number of hydrogen-bond acceptors (Lipinski definition) is 8. The summed E-state index contributed by atoms with van der Waals surface area (Å²) in [6, 6.07) is 23.6. The average molecular weight is 574 g/mol. The molecule has 4 aromatic rings. The van der Waals surface area contributed by atoms with E-state index in [2.05, 4.69) is 20.7 Å². The Morgan fingerprint density at radius 1 is 0.905 bits per heavy atom. The normalized spacial score (nSPS) is 11.3. The molecule has 4 rings (SSSR count). The third-order valence-electron chi connectivity index (χ3n) is 6.14. The molecule has 0 unspecified atom stereocenters. The molecule has 3 N–H and O–H groups in total. The molecule has 11 nitrogen and oxygen atoms in total. The number of benzene rings is 3. The summed E-state index contributed by atoms with van der Waals surface area (Å²) in [5.74, 6) is -1.38. The van der Waals surface area contributed by atoms with Crippen molar-refractivity contribution in [1.29, 1.82) is 0 Å². The van der Waals surface area contributed by atoms with Crippen LogP contribution in [0.2, 0.25) is 0 Å². The van der Waals surface area contributed by atoms with Crippen LogP contribution in [0.5, 0.6) is 5.75 Å². The second-order valence-corrected chi connectivity index (χ2v) is 9.16. The molecule has 1 aromatic heterocycles. The number of nitrogens with one attached hydrogen (secondary N) is 3. The molecule has 1 heterocycles. The van der Waals surface area contributed by atoms with Crippen molar-refractivity contribution in [3.8, 4) is 5.75 Å². The van der Waals surface area contributed by atoms with E-state index in [1.807, 2.05) is 42.5 Å². The maximum Gasteiger partial charge on any atom is 0.407 e. The Bertz CT molecular complexity index is 1490. The smallest absolute Gasteiger partial charge is 0.407 e. The number of ether oxygens (including phenoxy) is 3. The minimum Gasteiger partial charge on any atom is -0.480 e. The van der Waals surface area contributed by atoms with Gasteiger partial charge in [0.2, 0.25) is 5.91 Å². The minimum atomic E-state index is -0.999. The molecule has 11 heteroatoms. The van der Waals surface area contributed by atoms with Crippen LogP contribution >= 0.6 is 0 Å². The molecule has 0 aliphatic rings. The molecule has 3 aromatic carbocycles. The predicted octanol–water partition coefficient (Wildman–Crippen LogP) is 4.43. The second-order valence-electron chi connectivity index (χ2n) is 9.16. The van der Waals surface area contributed by atoms with Crippen molar-refractivity contribution in [2.75, 3.05) is 25.6 Å². The van der Waals surface area contributed by atoms with Crippen molar-refractivity contribution in [3.05, 3.63) is 96.3 Å². The molecular formula is C31H31N3O8. The number of alkyl carbamates (subject to hydrolysis) is 1. The predicted molar refractivity (Wildman–Crippen MR) is 154 cm³/mol. The van der Waals surface area contributed by atoms with Crippen molar-refractivity contribution in [2.24, 2.45) is 0 Å². The number of carbonyl (C=O) groups excluding carboxylic acids is 4. The van der Waals surface area contributed by atoms with Crippen LogP contribution in [0.15, 0.2) is 89.3 Å². The summed E-state index contributed by atoms with van der Waals surface area (Å²) in [5.41, 5.74) is 1.70. The van der Waals surface area contributed by atoms with E-state index in [-0.39, 0.29) is 37.7 Å². The van der Waals surface area contributed by atoms with Crippen LogP contribution in [0.25, 0.3) is 11.0 Å². The van der Waals surface area contributed by atoms with Crippen molar-refractivity contribution in [1.82, 2.24) is 10.6 Å². The van der Waals surface area contributed by atoms with E-state index in [0.717, 1.165) is 10.9 Å². The van der Waals surface area contributed by atoms with E-state index in [9.17, 15) is 19.2 Å². The third-order valence-corrected chi connectivity index (χ3v) is 6.14. The van der Waals surface area contributed by atoms with Gasteiger partial charge in [0, 0.05) is 11.9 Å². The van der Waals surface area contributed by atoms with Gasteiger partial charge in [-0.15, -0.1) is 0 Å². The number of furan rings is 1. The van der Waals surface area contributed by atoms with Crippen LogP contribution in [0, 0.1) is 0 Å². The van der Waals surface area contributed by atoms with Gasteiger partial charge in [-0.25, -0.2) is 9.59 Å². The van der Waals surface area contributed by atoms with Gasteiger partial charge in [-0.05, 0) is 42.7 Å². The number of hydrogen-bond donors (Lipinski definition) is 3. The first-order valence-electron chi connectivity index (χ1n) is 13.3. The number of carbonyl (C=O) groups is 4. The summed E-state index contributed by atoms with van der Waals surface area (Å²) in [4.78, 5) is 50.1. The van der Waals surface area contributed by atoms with E-state index in [1.165, 1.54) is 7.11 Å². The van der Waals surface area contributed by atoms with Gasteiger partial charge in [0.15, 0.2) is 12.4 Å². The van der Waals surface area contributed by atoms with Crippen LogP contribution in [0.1, 0.15) is 29.0 Å². The number of esters is 1. The van der Waals surface area contributed by atoms with Gasteiger partial charge in [0.1, 0.15) is 24.0 Å². The first-order chi connectivity index (χ1) is 20.4. The highest BCUT2D eigenvalue weighted by Crippen LogP contribution is 2.24. The van der Waals surface area contributed by atoms with Gasteiger partial charge in [-0.1, -0.05) is 60.7 Å². The van der Waals surface area contributed by atoms with Gasteiger partial charge in [0.05, 0.1) is 12.8 Å². The Balaban J connectivity index is 1.39. The average Bonchev–Trinajstić information content (AvgIpc) is 3.46. The number of rotatable bonds is 13. The van der Waals surface area contributed by atoms with E-state index in [0.29, 0.717) is 17.7 Å².